The minimum atomic E-state index is -0.323. The van der Waals surface area contributed by atoms with E-state index in [-0.39, 0.29) is 5.82 Å². The van der Waals surface area contributed by atoms with Crippen molar-refractivity contribution in [3.8, 4) is 6.07 Å². The molecule has 0 amide bonds. The normalized spacial score (nSPS) is 10.3. The Kier molecular flexibility index (Phi) is 4.37. The first kappa shape index (κ1) is 14.1. The number of halogens is 1. The van der Waals surface area contributed by atoms with E-state index in [9.17, 15) is 4.39 Å². The maximum absolute atomic E-state index is 13.2. The third-order valence-corrected chi connectivity index (χ3v) is 3.25. The predicted molar refractivity (Wildman–Crippen MR) is 79.0 cm³/mol. The molecule has 102 valence electrons. The van der Waals surface area contributed by atoms with Crippen molar-refractivity contribution in [2.24, 2.45) is 0 Å². The molecule has 20 heavy (non-hydrogen) atoms. The van der Waals surface area contributed by atoms with Gasteiger partial charge in [0.25, 0.3) is 0 Å². The highest BCUT2D eigenvalue weighted by Gasteiger charge is 2.04. The maximum atomic E-state index is 13.2. The molecule has 2 rings (SSSR count). The minimum absolute atomic E-state index is 0.323. The Morgan fingerprint density at radius 1 is 1.15 bits per heavy atom. The highest BCUT2D eigenvalue weighted by molar-refractivity contribution is 5.47. The maximum Gasteiger partial charge on any atom is 0.123 e. The van der Waals surface area contributed by atoms with Crippen LogP contribution in [0.2, 0.25) is 0 Å². The molecule has 0 unspecified atom stereocenters. The van der Waals surface area contributed by atoms with Gasteiger partial charge in [-0.2, -0.15) is 5.26 Å². The van der Waals surface area contributed by atoms with E-state index < -0.39 is 0 Å². The lowest BCUT2D eigenvalue weighted by atomic mass is 10.0. The van der Waals surface area contributed by atoms with Gasteiger partial charge in [-0.15, -0.1) is 0 Å². The minimum Gasteiger partial charge on any atom is -0.381 e. The standard InChI is InChI=1S/C17H17FN2/c1-12(2)13-4-7-17(8-5-13)20-11-15-9-16(18)6-3-14(15)10-19/h3-9,12,20H,11H2,1-2H3. The number of nitrogens with one attached hydrogen (secondary N) is 1. The Hall–Kier alpha value is -2.34. The zero-order valence-corrected chi connectivity index (χ0v) is 11.7. The first-order valence-corrected chi connectivity index (χ1v) is 6.62. The van der Waals surface area contributed by atoms with Crippen molar-refractivity contribution in [1.82, 2.24) is 0 Å². The molecule has 0 spiro atoms. The molecular weight excluding hydrogens is 251 g/mol. The van der Waals surface area contributed by atoms with Crippen molar-refractivity contribution in [2.75, 3.05) is 5.32 Å². The van der Waals surface area contributed by atoms with Crippen molar-refractivity contribution in [1.29, 1.82) is 5.26 Å². The number of nitriles is 1. The molecule has 0 aliphatic rings. The van der Waals surface area contributed by atoms with Gasteiger partial charge >= 0.3 is 0 Å². The third-order valence-electron chi connectivity index (χ3n) is 3.25. The summed E-state index contributed by atoms with van der Waals surface area (Å²) in [6, 6.07) is 14.4. The molecule has 3 heteroatoms. The highest BCUT2D eigenvalue weighted by Crippen LogP contribution is 2.18. The summed E-state index contributed by atoms with van der Waals surface area (Å²) in [4.78, 5) is 0. The van der Waals surface area contributed by atoms with Crippen molar-refractivity contribution < 1.29 is 4.39 Å². The van der Waals surface area contributed by atoms with Crippen molar-refractivity contribution in [3.63, 3.8) is 0 Å². The number of hydrogen-bond acceptors (Lipinski definition) is 2. The molecule has 0 aliphatic heterocycles. The monoisotopic (exact) mass is 268 g/mol. The fourth-order valence-electron chi connectivity index (χ4n) is 2.00. The van der Waals surface area contributed by atoms with E-state index in [1.807, 2.05) is 12.1 Å². The van der Waals surface area contributed by atoms with Gasteiger partial charge in [0, 0.05) is 12.2 Å². The van der Waals surface area contributed by atoms with E-state index in [1.54, 1.807) is 0 Å². The zero-order valence-electron chi connectivity index (χ0n) is 11.7. The Morgan fingerprint density at radius 3 is 2.45 bits per heavy atom. The number of nitrogens with zero attached hydrogens (tertiary/aromatic N) is 1. The molecule has 0 heterocycles. The first-order chi connectivity index (χ1) is 9.60. The van der Waals surface area contributed by atoms with Gasteiger partial charge in [-0.1, -0.05) is 26.0 Å². The summed E-state index contributed by atoms with van der Waals surface area (Å²) < 4.78 is 13.2. The van der Waals surface area contributed by atoms with Crippen LogP contribution >= 0.6 is 0 Å². The third kappa shape index (κ3) is 3.36. The lowest BCUT2D eigenvalue weighted by Crippen LogP contribution is -2.02. The van der Waals surface area contributed by atoms with Gasteiger partial charge < -0.3 is 5.32 Å². The fraction of sp³-hybridized carbons (Fsp3) is 0.235. The van der Waals surface area contributed by atoms with Crippen LogP contribution in [-0.4, -0.2) is 0 Å². The molecule has 1 N–H and O–H groups in total. The van der Waals surface area contributed by atoms with Crippen molar-refractivity contribution in [2.45, 2.75) is 26.3 Å². The SMILES string of the molecule is CC(C)c1ccc(NCc2cc(F)ccc2C#N)cc1. The lowest BCUT2D eigenvalue weighted by molar-refractivity contribution is 0.625. The molecule has 2 nitrogen and oxygen atoms in total. The number of hydrogen-bond donors (Lipinski definition) is 1. The smallest absolute Gasteiger partial charge is 0.123 e. The summed E-state index contributed by atoms with van der Waals surface area (Å²) in [7, 11) is 0. The summed E-state index contributed by atoms with van der Waals surface area (Å²) in [5.74, 6) is 0.174. The van der Waals surface area contributed by atoms with Gasteiger partial charge in [0.05, 0.1) is 11.6 Å². The fourth-order valence-corrected chi connectivity index (χ4v) is 2.00. The van der Waals surface area contributed by atoms with Crippen molar-refractivity contribution in [3.05, 3.63) is 65.0 Å². The van der Waals surface area contributed by atoms with Crippen LogP contribution < -0.4 is 5.32 Å². The van der Waals surface area contributed by atoms with Crippen LogP contribution in [0.3, 0.4) is 0 Å². The Bertz CT molecular complexity index is 624. The number of anilines is 1. The summed E-state index contributed by atoms with van der Waals surface area (Å²) in [5, 5.41) is 12.2. The second-order valence-electron chi connectivity index (χ2n) is 5.04. The largest absolute Gasteiger partial charge is 0.381 e. The molecule has 2 aromatic carbocycles. The summed E-state index contributed by atoms with van der Waals surface area (Å²) >= 11 is 0. The molecule has 0 aliphatic carbocycles. The molecule has 0 bridgehead atoms. The second kappa shape index (κ2) is 6.21. The van der Waals surface area contributed by atoms with Crippen LogP contribution in [0.1, 0.15) is 36.5 Å². The summed E-state index contributed by atoms with van der Waals surface area (Å²) in [6.45, 7) is 4.73. The first-order valence-electron chi connectivity index (χ1n) is 6.62. The highest BCUT2D eigenvalue weighted by atomic mass is 19.1. The van der Waals surface area contributed by atoms with E-state index >= 15 is 0 Å². The average molecular weight is 268 g/mol. The van der Waals surface area contributed by atoms with Gasteiger partial charge in [-0.05, 0) is 47.4 Å². The van der Waals surface area contributed by atoms with Crippen LogP contribution in [0.4, 0.5) is 10.1 Å². The Balaban J connectivity index is 2.09. The topological polar surface area (TPSA) is 35.8 Å². The molecule has 0 saturated carbocycles. The predicted octanol–water partition coefficient (Wildman–Crippen LogP) is 4.43. The summed E-state index contributed by atoms with van der Waals surface area (Å²) in [5.41, 5.74) is 3.40. The van der Waals surface area contributed by atoms with Crippen LogP contribution in [0.5, 0.6) is 0 Å². The van der Waals surface area contributed by atoms with Gasteiger partial charge in [0.15, 0.2) is 0 Å². The van der Waals surface area contributed by atoms with Crippen LogP contribution in [0, 0.1) is 17.1 Å². The average Bonchev–Trinajstić information content (AvgIpc) is 2.45. The molecular formula is C17H17FN2. The summed E-state index contributed by atoms with van der Waals surface area (Å²) in [6.07, 6.45) is 0. The van der Waals surface area contributed by atoms with E-state index in [4.69, 9.17) is 5.26 Å². The van der Waals surface area contributed by atoms with E-state index in [1.165, 1.54) is 23.8 Å². The molecule has 0 atom stereocenters. The lowest BCUT2D eigenvalue weighted by Gasteiger charge is -2.10. The second-order valence-corrected chi connectivity index (χ2v) is 5.04. The zero-order chi connectivity index (χ0) is 14.5. The van der Waals surface area contributed by atoms with E-state index in [0.29, 0.717) is 23.6 Å². The Labute approximate surface area is 118 Å². The number of benzene rings is 2. The molecule has 2 aromatic rings. The van der Waals surface area contributed by atoms with E-state index in [0.717, 1.165) is 5.69 Å². The molecule has 0 fully saturated rings. The molecule has 0 radical (unpaired) electrons. The van der Waals surface area contributed by atoms with Crippen LogP contribution in [0.25, 0.3) is 0 Å². The number of rotatable bonds is 4. The van der Waals surface area contributed by atoms with Crippen LogP contribution in [-0.2, 0) is 6.54 Å². The Morgan fingerprint density at radius 2 is 1.85 bits per heavy atom. The quantitative estimate of drug-likeness (QED) is 0.890. The molecule has 0 aromatic heterocycles. The van der Waals surface area contributed by atoms with Crippen molar-refractivity contribution >= 4 is 5.69 Å². The van der Waals surface area contributed by atoms with E-state index in [2.05, 4.69) is 37.4 Å². The molecule has 0 saturated heterocycles. The van der Waals surface area contributed by atoms with Gasteiger partial charge in [0.2, 0.25) is 0 Å². The van der Waals surface area contributed by atoms with Gasteiger partial charge in [-0.3, -0.25) is 0 Å². The van der Waals surface area contributed by atoms with Crippen LogP contribution in [0.15, 0.2) is 42.5 Å². The van der Waals surface area contributed by atoms with Gasteiger partial charge in [-0.25, -0.2) is 4.39 Å². The van der Waals surface area contributed by atoms with Gasteiger partial charge in [0.1, 0.15) is 5.82 Å².